The number of nitrogens with one attached hydrogen (secondary N) is 1. The minimum absolute atomic E-state index is 0.102. The molecule has 0 spiro atoms. The number of carbonyl (C=O) groups is 1. The molecule has 0 atom stereocenters. The standard InChI is InChI=1S/C18H17ClN4O2/c1-13-3-2-4-16(9-13)25-11-17(24)21-18-20-12-23(22-18)10-14-5-7-15(19)8-6-14/h2-9,12H,10-11H2,1H3,(H,21,22,24). The summed E-state index contributed by atoms with van der Waals surface area (Å²) in [5, 5.41) is 7.52. The lowest BCUT2D eigenvalue weighted by Crippen LogP contribution is -2.21. The first-order valence-electron chi connectivity index (χ1n) is 7.72. The van der Waals surface area contributed by atoms with Crippen molar-refractivity contribution in [2.75, 3.05) is 11.9 Å². The van der Waals surface area contributed by atoms with E-state index in [4.69, 9.17) is 16.3 Å². The summed E-state index contributed by atoms with van der Waals surface area (Å²) in [6.45, 7) is 2.40. The normalized spacial score (nSPS) is 10.5. The van der Waals surface area contributed by atoms with Crippen molar-refractivity contribution in [3.63, 3.8) is 0 Å². The molecular formula is C18H17ClN4O2. The van der Waals surface area contributed by atoms with Crippen LogP contribution < -0.4 is 10.1 Å². The molecule has 0 saturated carbocycles. The van der Waals surface area contributed by atoms with Crippen molar-refractivity contribution in [3.05, 3.63) is 71.0 Å². The minimum Gasteiger partial charge on any atom is -0.484 e. The van der Waals surface area contributed by atoms with Crippen molar-refractivity contribution in [2.45, 2.75) is 13.5 Å². The van der Waals surface area contributed by atoms with Crippen LogP contribution in [0.15, 0.2) is 54.9 Å². The zero-order valence-electron chi connectivity index (χ0n) is 13.6. The zero-order valence-corrected chi connectivity index (χ0v) is 14.4. The van der Waals surface area contributed by atoms with E-state index < -0.39 is 0 Å². The highest BCUT2D eigenvalue weighted by Gasteiger charge is 2.08. The lowest BCUT2D eigenvalue weighted by atomic mass is 10.2. The van der Waals surface area contributed by atoms with Crippen LogP contribution in [0.5, 0.6) is 5.75 Å². The first-order chi connectivity index (χ1) is 12.1. The molecular weight excluding hydrogens is 340 g/mol. The molecule has 0 aliphatic rings. The molecule has 0 saturated heterocycles. The molecule has 1 aromatic heterocycles. The summed E-state index contributed by atoms with van der Waals surface area (Å²) in [6, 6.07) is 15.0. The largest absolute Gasteiger partial charge is 0.484 e. The first kappa shape index (κ1) is 17.0. The molecule has 0 radical (unpaired) electrons. The van der Waals surface area contributed by atoms with Gasteiger partial charge in [-0.3, -0.25) is 10.1 Å². The van der Waals surface area contributed by atoms with E-state index in [1.165, 1.54) is 0 Å². The molecule has 6 nitrogen and oxygen atoms in total. The van der Waals surface area contributed by atoms with Crippen molar-refractivity contribution >= 4 is 23.5 Å². The summed E-state index contributed by atoms with van der Waals surface area (Å²) in [5.41, 5.74) is 2.11. The molecule has 0 fully saturated rings. The highest BCUT2D eigenvalue weighted by molar-refractivity contribution is 6.30. The van der Waals surface area contributed by atoms with E-state index in [1.54, 1.807) is 17.1 Å². The number of aryl methyl sites for hydroxylation is 1. The Balaban J connectivity index is 1.52. The van der Waals surface area contributed by atoms with Gasteiger partial charge in [0, 0.05) is 5.02 Å². The summed E-state index contributed by atoms with van der Waals surface area (Å²) in [6.07, 6.45) is 1.56. The highest BCUT2D eigenvalue weighted by Crippen LogP contribution is 2.12. The van der Waals surface area contributed by atoms with E-state index in [0.29, 0.717) is 17.3 Å². The predicted octanol–water partition coefficient (Wildman–Crippen LogP) is 3.31. The van der Waals surface area contributed by atoms with Gasteiger partial charge in [0.25, 0.3) is 5.91 Å². The fourth-order valence-corrected chi connectivity index (χ4v) is 2.35. The number of anilines is 1. The van der Waals surface area contributed by atoms with Crippen LogP contribution >= 0.6 is 11.6 Å². The number of rotatable bonds is 6. The van der Waals surface area contributed by atoms with Crippen LogP contribution in [0.4, 0.5) is 5.95 Å². The van der Waals surface area contributed by atoms with Gasteiger partial charge in [0.1, 0.15) is 12.1 Å². The lowest BCUT2D eigenvalue weighted by Gasteiger charge is -2.06. The fraction of sp³-hybridized carbons (Fsp3) is 0.167. The van der Waals surface area contributed by atoms with Crippen LogP contribution in [0.1, 0.15) is 11.1 Å². The SMILES string of the molecule is Cc1cccc(OCC(=O)Nc2ncn(Cc3ccc(Cl)cc3)n2)c1. The van der Waals surface area contributed by atoms with Crippen LogP contribution in [0.25, 0.3) is 0 Å². The van der Waals surface area contributed by atoms with Gasteiger partial charge in [0.05, 0.1) is 6.54 Å². The number of carbonyl (C=O) groups excluding carboxylic acids is 1. The third-order valence-corrected chi connectivity index (χ3v) is 3.66. The number of benzene rings is 2. The maximum Gasteiger partial charge on any atom is 0.264 e. The van der Waals surface area contributed by atoms with Gasteiger partial charge in [0.2, 0.25) is 5.95 Å². The number of ether oxygens (including phenoxy) is 1. The Hall–Kier alpha value is -2.86. The Labute approximate surface area is 150 Å². The molecule has 2 aromatic carbocycles. The number of aromatic nitrogens is 3. The average Bonchev–Trinajstić information content (AvgIpc) is 3.02. The Morgan fingerprint density at radius 2 is 2.04 bits per heavy atom. The van der Waals surface area contributed by atoms with Crippen molar-refractivity contribution < 1.29 is 9.53 Å². The molecule has 25 heavy (non-hydrogen) atoms. The maximum absolute atomic E-state index is 11.9. The number of hydrogen-bond acceptors (Lipinski definition) is 4. The van der Waals surface area contributed by atoms with Crippen LogP contribution in [0.3, 0.4) is 0 Å². The molecule has 1 N–H and O–H groups in total. The maximum atomic E-state index is 11.9. The van der Waals surface area contributed by atoms with Gasteiger partial charge in [-0.25, -0.2) is 9.67 Å². The molecule has 0 bridgehead atoms. The van der Waals surface area contributed by atoms with Gasteiger partial charge >= 0.3 is 0 Å². The first-order valence-corrected chi connectivity index (χ1v) is 8.09. The van der Waals surface area contributed by atoms with Crippen molar-refractivity contribution in [1.29, 1.82) is 0 Å². The number of hydrogen-bond donors (Lipinski definition) is 1. The summed E-state index contributed by atoms with van der Waals surface area (Å²) in [4.78, 5) is 16.0. The second-order valence-electron chi connectivity index (χ2n) is 5.55. The van der Waals surface area contributed by atoms with E-state index in [-0.39, 0.29) is 18.5 Å². The van der Waals surface area contributed by atoms with Crippen LogP contribution in [0, 0.1) is 6.92 Å². The molecule has 1 amide bonds. The lowest BCUT2D eigenvalue weighted by molar-refractivity contribution is -0.118. The summed E-state index contributed by atoms with van der Waals surface area (Å²) in [7, 11) is 0. The number of amides is 1. The van der Waals surface area contributed by atoms with E-state index in [1.807, 2.05) is 49.4 Å². The minimum atomic E-state index is -0.314. The monoisotopic (exact) mass is 356 g/mol. The Morgan fingerprint density at radius 1 is 1.24 bits per heavy atom. The zero-order chi connectivity index (χ0) is 17.6. The molecule has 3 aromatic rings. The predicted molar refractivity (Wildman–Crippen MR) is 95.9 cm³/mol. The Morgan fingerprint density at radius 3 is 2.80 bits per heavy atom. The molecule has 0 aliphatic heterocycles. The molecule has 0 aliphatic carbocycles. The molecule has 0 unspecified atom stereocenters. The fourth-order valence-electron chi connectivity index (χ4n) is 2.22. The van der Waals surface area contributed by atoms with Gasteiger partial charge < -0.3 is 4.74 Å². The molecule has 128 valence electrons. The van der Waals surface area contributed by atoms with E-state index in [2.05, 4.69) is 15.4 Å². The summed E-state index contributed by atoms with van der Waals surface area (Å²) < 4.78 is 7.09. The number of nitrogens with zero attached hydrogens (tertiary/aromatic N) is 3. The van der Waals surface area contributed by atoms with Gasteiger partial charge in [-0.15, -0.1) is 5.10 Å². The van der Waals surface area contributed by atoms with Gasteiger partial charge in [-0.2, -0.15) is 0 Å². The van der Waals surface area contributed by atoms with Crippen molar-refractivity contribution in [2.24, 2.45) is 0 Å². The van der Waals surface area contributed by atoms with Crippen LogP contribution in [-0.4, -0.2) is 27.3 Å². The third-order valence-electron chi connectivity index (χ3n) is 3.40. The highest BCUT2D eigenvalue weighted by atomic mass is 35.5. The van der Waals surface area contributed by atoms with E-state index >= 15 is 0 Å². The molecule has 1 heterocycles. The van der Waals surface area contributed by atoms with Crippen LogP contribution in [0.2, 0.25) is 5.02 Å². The van der Waals surface area contributed by atoms with E-state index in [9.17, 15) is 4.79 Å². The quantitative estimate of drug-likeness (QED) is 0.735. The molecule has 3 rings (SSSR count). The average molecular weight is 357 g/mol. The smallest absolute Gasteiger partial charge is 0.264 e. The van der Waals surface area contributed by atoms with Crippen molar-refractivity contribution in [3.8, 4) is 5.75 Å². The van der Waals surface area contributed by atoms with Gasteiger partial charge in [0.15, 0.2) is 6.61 Å². The van der Waals surface area contributed by atoms with E-state index in [0.717, 1.165) is 11.1 Å². The number of halogens is 1. The Kier molecular flexibility index (Phi) is 5.30. The van der Waals surface area contributed by atoms with Crippen molar-refractivity contribution in [1.82, 2.24) is 14.8 Å². The second-order valence-corrected chi connectivity index (χ2v) is 5.98. The summed E-state index contributed by atoms with van der Waals surface area (Å²) >= 11 is 5.86. The topological polar surface area (TPSA) is 69.0 Å². The second kappa shape index (κ2) is 7.81. The molecule has 7 heteroatoms. The summed E-state index contributed by atoms with van der Waals surface area (Å²) in [5.74, 6) is 0.578. The van der Waals surface area contributed by atoms with Gasteiger partial charge in [-0.1, -0.05) is 35.9 Å². The van der Waals surface area contributed by atoms with Gasteiger partial charge in [-0.05, 0) is 42.3 Å². The van der Waals surface area contributed by atoms with Crippen LogP contribution in [-0.2, 0) is 11.3 Å². The Bertz CT molecular complexity index is 862. The third kappa shape index (κ3) is 5.06.